The largest absolute Gasteiger partial charge is 0.337 e. The van der Waals surface area contributed by atoms with Gasteiger partial charge in [-0.1, -0.05) is 19.3 Å². The van der Waals surface area contributed by atoms with Crippen LogP contribution in [-0.2, 0) is 4.79 Å². The smallest absolute Gasteiger partial charge is 0.235 e. The monoisotopic (exact) mass is 315 g/mol. The lowest BCUT2D eigenvalue weighted by Gasteiger charge is -2.34. The zero-order valence-electron chi connectivity index (χ0n) is 13.6. The number of hydrogen-bond acceptors (Lipinski definition) is 4. The van der Waals surface area contributed by atoms with E-state index >= 15 is 0 Å². The van der Waals surface area contributed by atoms with Crippen molar-refractivity contribution in [3.63, 3.8) is 0 Å². The molecule has 2 heterocycles. The van der Waals surface area contributed by atoms with Crippen LogP contribution < -0.4 is 5.32 Å². The number of nitrogens with zero attached hydrogens (tertiary/aromatic N) is 3. The molecule has 0 atom stereocenters. The Labute approximate surface area is 137 Å². The molecule has 0 unspecified atom stereocenters. The van der Waals surface area contributed by atoms with E-state index in [2.05, 4.69) is 26.5 Å². The highest BCUT2D eigenvalue weighted by atomic mass is 16.2. The van der Waals surface area contributed by atoms with Crippen molar-refractivity contribution in [2.75, 3.05) is 19.6 Å². The van der Waals surface area contributed by atoms with E-state index in [9.17, 15) is 10.1 Å². The Kier molecular flexibility index (Phi) is 4.97. The molecule has 1 saturated heterocycles. The normalized spacial score (nSPS) is 22.4. The van der Waals surface area contributed by atoms with Crippen LogP contribution in [-0.4, -0.2) is 46.2 Å². The number of aromatic amines is 1. The van der Waals surface area contributed by atoms with Crippen molar-refractivity contribution >= 4 is 5.91 Å². The van der Waals surface area contributed by atoms with Gasteiger partial charge in [-0.15, -0.1) is 0 Å². The topological polar surface area (TPSA) is 84.8 Å². The first-order valence-corrected chi connectivity index (χ1v) is 8.64. The molecule has 1 amide bonds. The molecular weight excluding hydrogens is 290 g/mol. The number of rotatable bonds is 4. The van der Waals surface area contributed by atoms with E-state index in [-0.39, 0.29) is 5.91 Å². The maximum absolute atomic E-state index is 12.3. The summed E-state index contributed by atoms with van der Waals surface area (Å²) < 4.78 is 0. The summed E-state index contributed by atoms with van der Waals surface area (Å²) in [6.07, 6.45) is 10.8. The van der Waals surface area contributed by atoms with Crippen LogP contribution in [0.1, 0.15) is 56.4 Å². The van der Waals surface area contributed by atoms with Crippen molar-refractivity contribution < 1.29 is 4.79 Å². The Morgan fingerprint density at radius 2 is 2.13 bits per heavy atom. The van der Waals surface area contributed by atoms with Gasteiger partial charge >= 0.3 is 0 Å². The van der Waals surface area contributed by atoms with Gasteiger partial charge in [-0.2, -0.15) is 10.4 Å². The van der Waals surface area contributed by atoms with Crippen molar-refractivity contribution in [3.05, 3.63) is 18.0 Å². The fraction of sp³-hybridized carbons (Fsp3) is 0.706. The number of carbonyl (C=O) groups excluding carboxylic acids is 1. The molecule has 1 aromatic rings. The van der Waals surface area contributed by atoms with Gasteiger partial charge < -0.3 is 5.32 Å². The van der Waals surface area contributed by atoms with Crippen molar-refractivity contribution in [2.24, 2.45) is 0 Å². The Balaban J connectivity index is 1.47. The van der Waals surface area contributed by atoms with Crippen molar-refractivity contribution in [1.29, 1.82) is 5.26 Å². The third-order valence-corrected chi connectivity index (χ3v) is 5.25. The van der Waals surface area contributed by atoms with Crippen LogP contribution in [0.25, 0.3) is 0 Å². The van der Waals surface area contributed by atoms with Crippen LogP contribution in [0.5, 0.6) is 0 Å². The van der Waals surface area contributed by atoms with E-state index in [1.807, 2.05) is 12.4 Å². The van der Waals surface area contributed by atoms with Gasteiger partial charge in [-0.05, 0) is 50.3 Å². The molecule has 2 aliphatic rings. The number of H-pyrrole nitrogens is 1. The SMILES string of the molecule is N#CC1(NC(=O)CN2CCC(c3cn[nH]c3)CC2)CCCCC1. The predicted molar refractivity (Wildman–Crippen MR) is 86.6 cm³/mol. The zero-order valence-corrected chi connectivity index (χ0v) is 13.6. The molecule has 124 valence electrons. The molecule has 2 fully saturated rings. The molecule has 3 rings (SSSR count). The average molecular weight is 315 g/mol. The summed E-state index contributed by atoms with van der Waals surface area (Å²) in [5.41, 5.74) is 0.643. The Morgan fingerprint density at radius 1 is 1.39 bits per heavy atom. The molecule has 1 aliphatic heterocycles. The molecule has 0 spiro atoms. The van der Waals surface area contributed by atoms with Crippen LogP contribution in [0.2, 0.25) is 0 Å². The van der Waals surface area contributed by atoms with E-state index < -0.39 is 5.54 Å². The van der Waals surface area contributed by atoms with Gasteiger partial charge in [0.1, 0.15) is 5.54 Å². The van der Waals surface area contributed by atoms with E-state index in [0.29, 0.717) is 12.5 Å². The number of amides is 1. The molecule has 1 saturated carbocycles. The Bertz CT molecular complexity index is 548. The second-order valence-corrected chi connectivity index (χ2v) is 6.88. The number of nitriles is 1. The fourth-order valence-electron chi connectivity index (χ4n) is 3.84. The van der Waals surface area contributed by atoms with Crippen molar-refractivity contribution in [2.45, 2.75) is 56.4 Å². The third-order valence-electron chi connectivity index (χ3n) is 5.25. The molecule has 2 N–H and O–H groups in total. The molecular formula is C17H25N5O. The predicted octanol–water partition coefficient (Wildman–Crippen LogP) is 1.93. The fourth-order valence-corrected chi connectivity index (χ4v) is 3.84. The van der Waals surface area contributed by atoms with Crippen molar-refractivity contribution in [3.8, 4) is 6.07 Å². The lowest BCUT2D eigenvalue weighted by atomic mass is 9.83. The van der Waals surface area contributed by atoms with E-state index in [0.717, 1.165) is 51.6 Å². The minimum absolute atomic E-state index is 0.00443. The van der Waals surface area contributed by atoms with E-state index in [1.165, 1.54) is 12.0 Å². The summed E-state index contributed by atoms with van der Waals surface area (Å²) in [5.74, 6) is 0.534. The highest BCUT2D eigenvalue weighted by molar-refractivity contribution is 5.79. The summed E-state index contributed by atoms with van der Waals surface area (Å²) in [6, 6.07) is 2.35. The molecule has 1 aromatic heterocycles. The van der Waals surface area contributed by atoms with Crippen molar-refractivity contribution in [1.82, 2.24) is 20.4 Å². The molecule has 23 heavy (non-hydrogen) atoms. The second-order valence-electron chi connectivity index (χ2n) is 6.88. The molecule has 6 heteroatoms. The highest BCUT2D eigenvalue weighted by Gasteiger charge is 2.34. The van der Waals surface area contributed by atoms with Crippen LogP contribution in [0, 0.1) is 11.3 Å². The maximum Gasteiger partial charge on any atom is 0.235 e. The second kappa shape index (κ2) is 7.14. The Morgan fingerprint density at radius 3 is 2.74 bits per heavy atom. The minimum atomic E-state index is -0.621. The molecule has 0 radical (unpaired) electrons. The van der Waals surface area contributed by atoms with Crippen LogP contribution in [0.15, 0.2) is 12.4 Å². The minimum Gasteiger partial charge on any atom is -0.337 e. The molecule has 0 bridgehead atoms. The molecule has 6 nitrogen and oxygen atoms in total. The lowest BCUT2D eigenvalue weighted by molar-refractivity contribution is -0.124. The summed E-state index contributed by atoms with van der Waals surface area (Å²) in [5, 5.41) is 19.3. The molecule has 1 aliphatic carbocycles. The molecule has 0 aromatic carbocycles. The maximum atomic E-state index is 12.3. The van der Waals surface area contributed by atoms with Crippen LogP contribution in [0.4, 0.5) is 0 Å². The van der Waals surface area contributed by atoms with Gasteiger partial charge in [0.25, 0.3) is 0 Å². The number of hydrogen-bond donors (Lipinski definition) is 2. The summed E-state index contributed by atoms with van der Waals surface area (Å²) in [6.45, 7) is 2.24. The summed E-state index contributed by atoms with van der Waals surface area (Å²) in [4.78, 5) is 14.5. The number of nitrogens with one attached hydrogen (secondary N) is 2. The average Bonchev–Trinajstić information content (AvgIpc) is 3.11. The highest BCUT2D eigenvalue weighted by Crippen LogP contribution is 2.28. The number of likely N-dealkylation sites (tertiary alicyclic amines) is 1. The number of piperidine rings is 1. The quantitative estimate of drug-likeness (QED) is 0.889. The van der Waals surface area contributed by atoms with Gasteiger partial charge in [0.15, 0.2) is 0 Å². The summed E-state index contributed by atoms with van der Waals surface area (Å²) >= 11 is 0. The van der Waals surface area contributed by atoms with Crippen LogP contribution in [0.3, 0.4) is 0 Å². The third kappa shape index (κ3) is 3.91. The standard InChI is InChI=1S/C17H25N5O/c18-13-17(6-2-1-3-7-17)21-16(23)12-22-8-4-14(5-9-22)15-10-19-20-11-15/h10-11,14H,1-9,12H2,(H,19,20)(H,21,23). The number of carbonyl (C=O) groups is 1. The van der Waals surface area contributed by atoms with Crippen LogP contribution >= 0.6 is 0 Å². The first kappa shape index (κ1) is 16.0. The first-order chi connectivity index (χ1) is 11.2. The van der Waals surface area contributed by atoms with E-state index in [1.54, 1.807) is 0 Å². The Hall–Kier alpha value is -1.87. The number of aromatic nitrogens is 2. The van der Waals surface area contributed by atoms with Gasteiger partial charge in [-0.25, -0.2) is 0 Å². The van der Waals surface area contributed by atoms with Gasteiger partial charge in [-0.3, -0.25) is 14.8 Å². The van der Waals surface area contributed by atoms with Gasteiger partial charge in [0.05, 0.1) is 18.8 Å². The lowest BCUT2D eigenvalue weighted by Crippen LogP contribution is -2.52. The van der Waals surface area contributed by atoms with Gasteiger partial charge in [0.2, 0.25) is 5.91 Å². The zero-order chi connectivity index (χ0) is 16.1. The first-order valence-electron chi connectivity index (χ1n) is 8.64. The van der Waals surface area contributed by atoms with Gasteiger partial charge in [0, 0.05) is 6.20 Å². The van der Waals surface area contributed by atoms with E-state index in [4.69, 9.17) is 0 Å². The summed E-state index contributed by atoms with van der Waals surface area (Å²) in [7, 11) is 0.